The lowest BCUT2D eigenvalue weighted by Gasteiger charge is -2.39. The zero-order valence-electron chi connectivity index (χ0n) is 14.6. The zero-order chi connectivity index (χ0) is 18.1. The molecule has 1 saturated heterocycles. The molecule has 0 radical (unpaired) electrons. The van der Waals surface area contributed by atoms with Gasteiger partial charge < -0.3 is 19.3 Å². The second kappa shape index (κ2) is 6.71. The van der Waals surface area contributed by atoms with Gasteiger partial charge in [-0.2, -0.15) is 0 Å². The molecule has 1 fully saturated rings. The van der Waals surface area contributed by atoms with Gasteiger partial charge in [-0.05, 0) is 24.6 Å². The van der Waals surface area contributed by atoms with Crippen molar-refractivity contribution in [2.75, 3.05) is 24.8 Å². The molecular weight excluding hydrogens is 332 g/mol. The summed E-state index contributed by atoms with van der Waals surface area (Å²) in [5.74, 6) is 1.22. The van der Waals surface area contributed by atoms with Crippen LogP contribution in [-0.4, -0.2) is 42.6 Å². The van der Waals surface area contributed by atoms with Crippen LogP contribution in [0, 0.1) is 0 Å². The van der Waals surface area contributed by atoms with Gasteiger partial charge in [0.1, 0.15) is 6.04 Å². The van der Waals surface area contributed by atoms with Gasteiger partial charge in [-0.25, -0.2) is 0 Å². The molecular formula is C20H20N2O4. The van der Waals surface area contributed by atoms with Gasteiger partial charge >= 0.3 is 0 Å². The van der Waals surface area contributed by atoms with Gasteiger partial charge in [0.2, 0.25) is 18.6 Å². The Morgan fingerprint density at radius 2 is 1.85 bits per heavy atom. The first-order chi connectivity index (χ1) is 12.6. The minimum atomic E-state index is -0.495. The van der Waals surface area contributed by atoms with Gasteiger partial charge in [0, 0.05) is 24.8 Å². The second-order valence-electron chi connectivity index (χ2n) is 6.45. The number of hydrogen-bond acceptors (Lipinski definition) is 4. The van der Waals surface area contributed by atoms with E-state index in [9.17, 15) is 9.59 Å². The van der Waals surface area contributed by atoms with Crippen molar-refractivity contribution in [1.82, 2.24) is 4.90 Å². The van der Waals surface area contributed by atoms with Crippen LogP contribution in [0.5, 0.6) is 11.5 Å². The maximum Gasteiger partial charge on any atom is 0.249 e. The van der Waals surface area contributed by atoms with E-state index in [1.165, 1.54) is 0 Å². The molecule has 0 aliphatic carbocycles. The summed E-state index contributed by atoms with van der Waals surface area (Å²) in [4.78, 5) is 28.9. The summed E-state index contributed by atoms with van der Waals surface area (Å²) in [6.07, 6.45) is 0.308. The van der Waals surface area contributed by atoms with Crippen LogP contribution in [0.1, 0.15) is 12.5 Å². The standard InChI is InChI=1S/C20H20N2O4/c1-14-20(24)22(16-7-8-17-18(12-16)26-13-25-17)10-9-21(14)19(23)11-15-5-3-2-4-6-15/h2-8,12,14H,9-11,13H2,1H3. The Bertz CT molecular complexity index is 837. The smallest absolute Gasteiger partial charge is 0.249 e. The van der Waals surface area contributed by atoms with Gasteiger partial charge in [0.05, 0.1) is 6.42 Å². The molecule has 2 aliphatic heterocycles. The van der Waals surface area contributed by atoms with E-state index in [0.29, 0.717) is 31.0 Å². The van der Waals surface area contributed by atoms with E-state index >= 15 is 0 Å². The predicted molar refractivity (Wildman–Crippen MR) is 96.2 cm³/mol. The molecule has 26 heavy (non-hydrogen) atoms. The number of hydrogen-bond donors (Lipinski definition) is 0. The predicted octanol–water partition coefficient (Wildman–Crippen LogP) is 2.22. The van der Waals surface area contributed by atoms with E-state index in [1.807, 2.05) is 48.5 Å². The first-order valence-electron chi connectivity index (χ1n) is 8.68. The van der Waals surface area contributed by atoms with E-state index in [-0.39, 0.29) is 18.6 Å². The average molecular weight is 352 g/mol. The fourth-order valence-electron chi connectivity index (χ4n) is 3.39. The van der Waals surface area contributed by atoms with Crippen molar-refractivity contribution < 1.29 is 19.1 Å². The molecule has 134 valence electrons. The molecule has 0 N–H and O–H groups in total. The van der Waals surface area contributed by atoms with Gasteiger partial charge in [0.25, 0.3) is 0 Å². The molecule has 4 rings (SSSR count). The van der Waals surface area contributed by atoms with E-state index in [0.717, 1.165) is 11.3 Å². The highest BCUT2D eigenvalue weighted by molar-refractivity contribution is 6.00. The Labute approximate surface area is 151 Å². The molecule has 0 saturated carbocycles. The molecule has 1 atom stereocenters. The maximum atomic E-state index is 12.9. The quantitative estimate of drug-likeness (QED) is 0.850. The number of piperazine rings is 1. The molecule has 2 aromatic carbocycles. The van der Waals surface area contributed by atoms with Crippen molar-refractivity contribution in [1.29, 1.82) is 0 Å². The topological polar surface area (TPSA) is 59.1 Å². The van der Waals surface area contributed by atoms with Crippen molar-refractivity contribution in [2.24, 2.45) is 0 Å². The molecule has 2 amide bonds. The average Bonchev–Trinajstić information content (AvgIpc) is 3.12. The molecule has 6 nitrogen and oxygen atoms in total. The van der Waals surface area contributed by atoms with Crippen LogP contribution in [0.2, 0.25) is 0 Å². The monoisotopic (exact) mass is 352 g/mol. The first kappa shape index (κ1) is 16.4. The molecule has 2 heterocycles. The molecule has 0 aromatic heterocycles. The number of nitrogens with zero attached hydrogens (tertiary/aromatic N) is 2. The number of anilines is 1. The molecule has 6 heteroatoms. The highest BCUT2D eigenvalue weighted by Gasteiger charge is 2.35. The first-order valence-corrected chi connectivity index (χ1v) is 8.68. The highest BCUT2D eigenvalue weighted by atomic mass is 16.7. The van der Waals surface area contributed by atoms with Gasteiger partial charge in [-0.15, -0.1) is 0 Å². The Hall–Kier alpha value is -3.02. The summed E-state index contributed by atoms with van der Waals surface area (Å²) in [6, 6.07) is 14.6. The van der Waals surface area contributed by atoms with Gasteiger partial charge in [-0.3, -0.25) is 9.59 Å². The fraction of sp³-hybridized carbons (Fsp3) is 0.300. The number of amides is 2. The Kier molecular flexibility index (Phi) is 4.24. The minimum Gasteiger partial charge on any atom is -0.454 e. The minimum absolute atomic E-state index is 0.0256. The summed E-state index contributed by atoms with van der Waals surface area (Å²) >= 11 is 0. The zero-order valence-corrected chi connectivity index (χ0v) is 14.6. The molecule has 2 aromatic rings. The van der Waals surface area contributed by atoms with Gasteiger partial charge in [0.15, 0.2) is 11.5 Å². The maximum absolute atomic E-state index is 12.9. The summed E-state index contributed by atoms with van der Waals surface area (Å²) in [5, 5.41) is 0. The summed E-state index contributed by atoms with van der Waals surface area (Å²) in [7, 11) is 0. The SMILES string of the molecule is CC1C(=O)N(c2ccc3c(c2)OCO3)CCN1C(=O)Cc1ccccc1. The number of carbonyl (C=O) groups excluding carboxylic acids is 2. The number of ether oxygens (including phenoxy) is 2. The Morgan fingerprint density at radius 3 is 2.65 bits per heavy atom. The second-order valence-corrected chi connectivity index (χ2v) is 6.45. The van der Waals surface area contributed by atoms with Crippen LogP contribution in [0.25, 0.3) is 0 Å². The van der Waals surface area contributed by atoms with Crippen molar-refractivity contribution in [3.8, 4) is 11.5 Å². The highest BCUT2D eigenvalue weighted by Crippen LogP contribution is 2.36. The summed E-state index contributed by atoms with van der Waals surface area (Å²) < 4.78 is 10.7. The van der Waals surface area contributed by atoms with E-state index in [1.54, 1.807) is 16.7 Å². The lowest BCUT2D eigenvalue weighted by Crippen LogP contribution is -2.58. The number of fused-ring (bicyclic) bond motifs is 1. The molecule has 1 unspecified atom stereocenters. The Balaban J connectivity index is 1.47. The number of rotatable bonds is 3. The van der Waals surface area contributed by atoms with Crippen LogP contribution in [0.3, 0.4) is 0 Å². The van der Waals surface area contributed by atoms with Crippen LogP contribution in [-0.2, 0) is 16.0 Å². The molecule has 2 aliphatic rings. The third-order valence-corrected chi connectivity index (χ3v) is 4.84. The lowest BCUT2D eigenvalue weighted by molar-refractivity contribution is -0.140. The van der Waals surface area contributed by atoms with Crippen LogP contribution in [0.4, 0.5) is 5.69 Å². The van der Waals surface area contributed by atoms with Gasteiger partial charge in [-0.1, -0.05) is 30.3 Å². The van der Waals surface area contributed by atoms with E-state index in [4.69, 9.17) is 9.47 Å². The van der Waals surface area contributed by atoms with E-state index < -0.39 is 6.04 Å². The number of benzene rings is 2. The largest absolute Gasteiger partial charge is 0.454 e. The van der Waals surface area contributed by atoms with E-state index in [2.05, 4.69) is 0 Å². The normalized spacial score (nSPS) is 19.0. The molecule has 0 bridgehead atoms. The third kappa shape index (κ3) is 2.98. The van der Waals surface area contributed by atoms with Crippen molar-refractivity contribution in [2.45, 2.75) is 19.4 Å². The van der Waals surface area contributed by atoms with Crippen molar-refractivity contribution >= 4 is 17.5 Å². The van der Waals surface area contributed by atoms with Crippen LogP contribution < -0.4 is 14.4 Å². The van der Waals surface area contributed by atoms with Crippen LogP contribution >= 0.6 is 0 Å². The number of carbonyl (C=O) groups is 2. The fourth-order valence-corrected chi connectivity index (χ4v) is 3.39. The summed E-state index contributed by atoms with van der Waals surface area (Å²) in [6.45, 7) is 2.95. The third-order valence-electron chi connectivity index (χ3n) is 4.84. The van der Waals surface area contributed by atoms with Crippen molar-refractivity contribution in [3.63, 3.8) is 0 Å². The summed E-state index contributed by atoms with van der Waals surface area (Å²) in [5.41, 5.74) is 1.72. The van der Waals surface area contributed by atoms with Crippen LogP contribution in [0.15, 0.2) is 48.5 Å². The molecule has 0 spiro atoms. The van der Waals surface area contributed by atoms with Crippen molar-refractivity contribution in [3.05, 3.63) is 54.1 Å². The lowest BCUT2D eigenvalue weighted by atomic mass is 10.1. The Morgan fingerprint density at radius 1 is 1.08 bits per heavy atom.